The molecule has 0 aliphatic heterocycles. The van der Waals surface area contributed by atoms with Gasteiger partial charge in [-0.2, -0.15) is 0 Å². The number of rotatable bonds is 6. The van der Waals surface area contributed by atoms with Crippen LogP contribution in [0, 0.1) is 10.1 Å². The molecule has 0 aliphatic rings. The molecule has 23 heavy (non-hydrogen) atoms. The van der Waals surface area contributed by atoms with E-state index in [-0.39, 0.29) is 23.5 Å². The van der Waals surface area contributed by atoms with Crippen LogP contribution in [0.15, 0.2) is 36.5 Å². The van der Waals surface area contributed by atoms with E-state index < -0.39 is 10.8 Å². The van der Waals surface area contributed by atoms with Gasteiger partial charge in [0, 0.05) is 30.9 Å². The van der Waals surface area contributed by atoms with Gasteiger partial charge in [0.2, 0.25) is 5.88 Å². The number of nitrogens with one attached hydrogen (secondary N) is 1. The average Bonchev–Trinajstić information content (AvgIpc) is 2.59. The third-order valence-corrected chi connectivity index (χ3v) is 3.10. The maximum absolute atomic E-state index is 12.2. The maximum Gasteiger partial charge on any atom is 0.270 e. The lowest BCUT2D eigenvalue weighted by Crippen LogP contribution is -2.23. The second-order valence-electron chi connectivity index (χ2n) is 4.53. The van der Waals surface area contributed by atoms with Gasteiger partial charge in [-0.15, -0.1) is 0 Å². The molecule has 0 spiro atoms. The van der Waals surface area contributed by atoms with E-state index >= 15 is 0 Å². The third kappa shape index (κ3) is 3.94. The van der Waals surface area contributed by atoms with Gasteiger partial charge in [-0.05, 0) is 11.6 Å². The molecule has 0 aliphatic carbocycles. The highest BCUT2D eigenvalue weighted by atomic mass is 16.6. The summed E-state index contributed by atoms with van der Waals surface area (Å²) in [6, 6.07) is 7.29. The van der Waals surface area contributed by atoms with Gasteiger partial charge in [0.15, 0.2) is 0 Å². The van der Waals surface area contributed by atoms with Gasteiger partial charge in [0.05, 0.1) is 24.7 Å². The number of benzene rings is 1. The van der Waals surface area contributed by atoms with Gasteiger partial charge in [0.25, 0.3) is 11.6 Å². The number of nitrogens with zero attached hydrogens (tertiary/aromatic N) is 2. The summed E-state index contributed by atoms with van der Waals surface area (Å²) in [6.45, 7) is 0.224. The van der Waals surface area contributed by atoms with Crippen molar-refractivity contribution in [3.05, 3.63) is 57.8 Å². The quantitative estimate of drug-likeness (QED) is 0.645. The fraction of sp³-hybridized carbons (Fsp3) is 0.200. The lowest BCUT2D eigenvalue weighted by molar-refractivity contribution is -0.384. The van der Waals surface area contributed by atoms with E-state index in [1.165, 1.54) is 32.4 Å². The van der Waals surface area contributed by atoms with Crippen LogP contribution >= 0.6 is 0 Å². The summed E-state index contributed by atoms with van der Waals surface area (Å²) < 4.78 is 10.0. The summed E-state index contributed by atoms with van der Waals surface area (Å²) in [4.78, 5) is 26.5. The first kappa shape index (κ1) is 16.2. The van der Waals surface area contributed by atoms with Crippen molar-refractivity contribution in [2.45, 2.75) is 6.54 Å². The number of hydrogen-bond acceptors (Lipinski definition) is 6. The number of non-ortho nitro benzene ring substituents is 1. The Labute approximate surface area is 132 Å². The van der Waals surface area contributed by atoms with Crippen LogP contribution in [0.1, 0.15) is 15.9 Å². The number of carbonyl (C=O) groups excluding carboxylic acids is 1. The number of nitro benzene ring substituents is 1. The first-order valence-corrected chi connectivity index (χ1v) is 6.64. The first-order chi connectivity index (χ1) is 11.0. The lowest BCUT2D eigenvalue weighted by atomic mass is 10.1. The molecule has 0 saturated heterocycles. The highest BCUT2D eigenvalue weighted by Gasteiger charge is 2.17. The Morgan fingerprint density at radius 3 is 2.61 bits per heavy atom. The van der Waals surface area contributed by atoms with E-state index in [4.69, 9.17) is 9.47 Å². The Morgan fingerprint density at radius 1 is 1.26 bits per heavy atom. The second kappa shape index (κ2) is 7.21. The molecule has 1 heterocycles. The molecule has 1 N–H and O–H groups in total. The molecular weight excluding hydrogens is 302 g/mol. The van der Waals surface area contributed by atoms with Crippen LogP contribution in [-0.2, 0) is 6.54 Å². The van der Waals surface area contributed by atoms with Crippen molar-refractivity contribution < 1.29 is 19.2 Å². The van der Waals surface area contributed by atoms with Crippen molar-refractivity contribution in [3.8, 4) is 11.6 Å². The Hall–Kier alpha value is -3.16. The average molecular weight is 317 g/mol. The SMILES string of the molecule is COc1ccc(CNC(=O)c2cc([N+](=O)[O-])ccc2OC)cn1. The molecule has 120 valence electrons. The number of methoxy groups -OCH3 is 2. The highest BCUT2D eigenvalue weighted by Crippen LogP contribution is 2.24. The minimum atomic E-state index is -0.566. The van der Waals surface area contributed by atoms with Crippen LogP contribution in [0.3, 0.4) is 0 Å². The van der Waals surface area contributed by atoms with Crippen LogP contribution < -0.4 is 14.8 Å². The van der Waals surface area contributed by atoms with Gasteiger partial charge in [-0.3, -0.25) is 14.9 Å². The van der Waals surface area contributed by atoms with Crippen molar-refractivity contribution in [3.63, 3.8) is 0 Å². The Kier molecular flexibility index (Phi) is 5.08. The molecule has 2 rings (SSSR count). The van der Waals surface area contributed by atoms with Crippen LogP contribution in [0.25, 0.3) is 0 Å². The molecular formula is C15H15N3O5. The van der Waals surface area contributed by atoms with Crippen molar-refractivity contribution in [1.82, 2.24) is 10.3 Å². The summed E-state index contributed by atoms with van der Waals surface area (Å²) in [5, 5.41) is 13.5. The molecule has 0 bridgehead atoms. The predicted molar refractivity (Wildman–Crippen MR) is 81.6 cm³/mol. The zero-order valence-electron chi connectivity index (χ0n) is 12.6. The molecule has 0 saturated carbocycles. The Morgan fingerprint density at radius 2 is 2.04 bits per heavy atom. The van der Waals surface area contributed by atoms with Crippen LogP contribution in [-0.4, -0.2) is 30.0 Å². The van der Waals surface area contributed by atoms with E-state index in [0.29, 0.717) is 5.88 Å². The smallest absolute Gasteiger partial charge is 0.270 e. The van der Waals surface area contributed by atoms with Gasteiger partial charge < -0.3 is 14.8 Å². The predicted octanol–water partition coefficient (Wildman–Crippen LogP) is 1.94. The van der Waals surface area contributed by atoms with Crippen LogP contribution in [0.4, 0.5) is 5.69 Å². The first-order valence-electron chi connectivity index (χ1n) is 6.64. The summed E-state index contributed by atoms with van der Waals surface area (Å²) in [6.07, 6.45) is 1.57. The molecule has 1 aromatic carbocycles. The van der Waals surface area contributed by atoms with Crippen molar-refractivity contribution >= 4 is 11.6 Å². The molecule has 0 fully saturated rings. The number of pyridine rings is 1. The van der Waals surface area contributed by atoms with Crippen molar-refractivity contribution in [2.24, 2.45) is 0 Å². The minimum absolute atomic E-state index is 0.100. The van der Waals surface area contributed by atoms with E-state index in [1.807, 2.05) is 0 Å². The number of ether oxygens (including phenoxy) is 2. The number of aromatic nitrogens is 1. The maximum atomic E-state index is 12.2. The summed E-state index contributed by atoms with van der Waals surface area (Å²) >= 11 is 0. The van der Waals surface area contributed by atoms with Gasteiger partial charge in [0.1, 0.15) is 5.75 Å². The highest BCUT2D eigenvalue weighted by molar-refractivity contribution is 5.97. The van der Waals surface area contributed by atoms with Crippen molar-refractivity contribution in [2.75, 3.05) is 14.2 Å². The standard InChI is InChI=1S/C15H15N3O5/c1-22-13-5-4-11(18(20)21)7-12(13)15(19)17-9-10-3-6-14(23-2)16-8-10/h3-8H,9H2,1-2H3,(H,17,19). The van der Waals surface area contributed by atoms with Gasteiger partial charge in [-0.1, -0.05) is 6.07 Å². The fourth-order valence-corrected chi connectivity index (χ4v) is 1.90. The molecule has 0 atom stereocenters. The summed E-state index contributed by atoms with van der Waals surface area (Å²) in [7, 11) is 2.91. The van der Waals surface area contributed by atoms with E-state index in [2.05, 4.69) is 10.3 Å². The monoisotopic (exact) mass is 317 g/mol. The van der Waals surface area contributed by atoms with Crippen molar-refractivity contribution in [1.29, 1.82) is 0 Å². The molecule has 0 unspecified atom stereocenters. The molecule has 8 heteroatoms. The molecule has 2 aromatic rings. The molecule has 1 amide bonds. The van der Waals surface area contributed by atoms with Crippen LogP contribution in [0.2, 0.25) is 0 Å². The fourth-order valence-electron chi connectivity index (χ4n) is 1.90. The van der Waals surface area contributed by atoms with Gasteiger partial charge >= 0.3 is 0 Å². The lowest BCUT2D eigenvalue weighted by Gasteiger charge is -2.09. The zero-order valence-corrected chi connectivity index (χ0v) is 12.6. The third-order valence-electron chi connectivity index (χ3n) is 3.10. The number of nitro groups is 1. The Balaban J connectivity index is 2.12. The number of carbonyl (C=O) groups is 1. The van der Waals surface area contributed by atoms with E-state index in [0.717, 1.165) is 5.56 Å². The summed E-state index contributed by atoms with van der Waals surface area (Å²) in [5.74, 6) is 0.266. The largest absolute Gasteiger partial charge is 0.496 e. The minimum Gasteiger partial charge on any atom is -0.496 e. The number of hydrogen-bond donors (Lipinski definition) is 1. The van der Waals surface area contributed by atoms with Gasteiger partial charge in [-0.25, -0.2) is 4.98 Å². The number of amides is 1. The Bertz CT molecular complexity index is 716. The van der Waals surface area contributed by atoms with E-state index in [1.54, 1.807) is 18.3 Å². The normalized spacial score (nSPS) is 10.0. The molecule has 8 nitrogen and oxygen atoms in total. The van der Waals surface area contributed by atoms with Crippen LogP contribution in [0.5, 0.6) is 11.6 Å². The topological polar surface area (TPSA) is 104 Å². The molecule has 1 aromatic heterocycles. The second-order valence-corrected chi connectivity index (χ2v) is 4.53. The molecule has 0 radical (unpaired) electrons. The zero-order chi connectivity index (χ0) is 16.8. The van der Waals surface area contributed by atoms with E-state index in [9.17, 15) is 14.9 Å². The summed E-state index contributed by atoms with van der Waals surface area (Å²) in [5.41, 5.74) is 0.689.